The van der Waals surface area contributed by atoms with Gasteiger partial charge in [-0.1, -0.05) is 97.8 Å². The molecule has 218 valence electrons. The number of carbonyl (C=O) groups excluding carboxylic acids is 5. The maximum absolute atomic E-state index is 12.9. The van der Waals surface area contributed by atoms with Crippen molar-refractivity contribution in [2.75, 3.05) is 13.1 Å². The minimum atomic E-state index is -2.99. The van der Waals surface area contributed by atoms with Crippen LogP contribution in [0.4, 0.5) is 0 Å². The second kappa shape index (κ2) is 13.9. The molecule has 5 rings (SSSR count). The molecule has 2 fully saturated rings. The average molecular weight is 575 g/mol. The molecule has 0 aliphatic carbocycles. The van der Waals surface area contributed by atoms with E-state index in [-0.39, 0.29) is 37.8 Å². The van der Waals surface area contributed by atoms with E-state index >= 15 is 0 Å². The van der Waals surface area contributed by atoms with Crippen LogP contribution in [0.15, 0.2) is 91.0 Å². The summed E-state index contributed by atoms with van der Waals surface area (Å²) >= 11 is 0. The third-order valence-corrected chi connectivity index (χ3v) is 7.04. The number of likely N-dealkylation sites (tertiary alicyclic amines) is 2. The third kappa shape index (κ3) is 7.78. The van der Waals surface area contributed by atoms with Crippen LogP contribution < -0.4 is 0 Å². The van der Waals surface area contributed by atoms with E-state index in [4.69, 9.17) is 13.0 Å². The molecule has 0 bridgehead atoms. The minimum Gasteiger partial charge on any atom is -0.460 e. The van der Waals surface area contributed by atoms with Crippen molar-refractivity contribution >= 4 is 29.4 Å². The summed E-state index contributed by atoms with van der Waals surface area (Å²) in [7, 11) is 0. The molecule has 0 N–H and O–H groups in total. The van der Waals surface area contributed by atoms with Gasteiger partial charge < -0.3 is 14.5 Å². The number of hydrogen-bond acceptors (Lipinski definition) is 6. The molecule has 0 spiro atoms. The molecule has 2 unspecified atom stereocenters. The molecule has 2 heterocycles. The van der Waals surface area contributed by atoms with Gasteiger partial charge in [0.15, 0.2) is 11.6 Å². The molecule has 0 radical (unpaired) electrons. The van der Waals surface area contributed by atoms with E-state index < -0.39 is 55.7 Å². The summed E-state index contributed by atoms with van der Waals surface area (Å²) in [4.78, 5) is 64.8. The van der Waals surface area contributed by atoms with Crippen molar-refractivity contribution < 1.29 is 36.9 Å². The zero-order valence-electron chi connectivity index (χ0n) is 29.0. The molecule has 8 nitrogen and oxygen atoms in total. The van der Waals surface area contributed by atoms with E-state index in [2.05, 4.69) is 0 Å². The number of amides is 2. The van der Waals surface area contributed by atoms with E-state index in [1.54, 1.807) is 54.6 Å². The maximum Gasteiger partial charge on any atom is 0.320 e. The Balaban J connectivity index is 0.000000237. The molecule has 3 aromatic carbocycles. The van der Waals surface area contributed by atoms with Gasteiger partial charge in [0, 0.05) is 40.1 Å². The van der Waals surface area contributed by atoms with Crippen molar-refractivity contribution in [2.24, 2.45) is 11.3 Å². The third-order valence-electron chi connectivity index (χ3n) is 7.04. The Bertz CT molecular complexity index is 1620. The van der Waals surface area contributed by atoms with Crippen molar-refractivity contribution in [3.05, 3.63) is 108 Å². The van der Waals surface area contributed by atoms with Gasteiger partial charge >= 0.3 is 5.97 Å². The number of benzene rings is 3. The van der Waals surface area contributed by atoms with Crippen LogP contribution in [0.5, 0.6) is 0 Å². The smallest absolute Gasteiger partial charge is 0.320 e. The molecule has 8 heteroatoms. The fourth-order valence-electron chi connectivity index (χ4n) is 4.57. The molecule has 2 aliphatic heterocycles. The van der Waals surface area contributed by atoms with E-state index in [0.717, 1.165) is 11.1 Å². The lowest BCUT2D eigenvalue weighted by atomic mass is 9.78. The van der Waals surface area contributed by atoms with Gasteiger partial charge in [-0.05, 0) is 23.5 Å². The van der Waals surface area contributed by atoms with Crippen molar-refractivity contribution in [1.82, 2.24) is 9.80 Å². The summed E-state index contributed by atoms with van der Waals surface area (Å²) in [5.41, 5.74) is -0.0917. The maximum atomic E-state index is 12.9. The van der Waals surface area contributed by atoms with Crippen LogP contribution in [-0.4, -0.2) is 52.2 Å². The molecule has 42 heavy (non-hydrogen) atoms. The van der Waals surface area contributed by atoms with Gasteiger partial charge in [0.25, 0.3) is 0 Å². The topological polar surface area (TPSA) is 101 Å². The second-order valence-electron chi connectivity index (χ2n) is 10.3. The number of piperidine rings is 2. The highest BCUT2D eigenvalue weighted by Crippen LogP contribution is 2.31. The van der Waals surface area contributed by atoms with E-state index in [0.29, 0.717) is 12.1 Å². The van der Waals surface area contributed by atoms with Crippen LogP contribution >= 0.6 is 0 Å². The molecular weight excluding hydrogens is 532 g/mol. The lowest BCUT2D eigenvalue weighted by molar-refractivity contribution is -0.168. The van der Waals surface area contributed by atoms with Crippen molar-refractivity contribution in [3.8, 4) is 0 Å². The Morgan fingerprint density at radius 2 is 1.31 bits per heavy atom. The monoisotopic (exact) mass is 574 g/mol. The summed E-state index contributed by atoms with van der Waals surface area (Å²) in [6.07, 6.45) is -0.953. The first-order chi connectivity index (χ1) is 22.6. The van der Waals surface area contributed by atoms with Gasteiger partial charge in [-0.25, -0.2) is 0 Å². The highest BCUT2D eigenvalue weighted by atomic mass is 16.5. The number of esters is 1. The Morgan fingerprint density at radius 1 is 0.786 bits per heavy atom. The van der Waals surface area contributed by atoms with Crippen LogP contribution in [0, 0.1) is 11.3 Å². The van der Waals surface area contributed by atoms with E-state index in [1.807, 2.05) is 36.4 Å². The number of hydrogen-bond donors (Lipinski definition) is 0. The van der Waals surface area contributed by atoms with Gasteiger partial charge in [-0.2, -0.15) is 0 Å². The molecule has 0 aromatic heterocycles. The predicted octanol–water partition coefficient (Wildman–Crippen LogP) is 4.36. The van der Waals surface area contributed by atoms with Crippen molar-refractivity contribution in [2.45, 2.75) is 46.2 Å². The Hall–Kier alpha value is -4.59. The summed E-state index contributed by atoms with van der Waals surface area (Å²) < 4.78 is 50.5. The summed E-state index contributed by atoms with van der Waals surface area (Å²) in [5.74, 6) is -4.38. The Kier molecular flexibility index (Phi) is 7.59. The number of Topliss-reactive ketones (excluding diaryl/α,β-unsaturated/α-hetero) is 2. The number of ketones is 2. The zero-order chi connectivity index (χ0) is 35.1. The standard InChI is InChI=1S/C21H21NO4.C13H15NO2/c1-21(20(25)26-15-17-10-6-3-7-11-17)12-19(24)22(14-18(21)23)13-16-8-4-2-5-9-16;1-10-7-13(16)14(9-12(10)15)8-11-5-3-2-4-6-11/h2-11H,12-15H2,1H3;2-6,10H,7-9H2,1H3/i2*1D3. The Labute approximate surface area is 254 Å². The van der Waals surface area contributed by atoms with Gasteiger partial charge in [-0.3, -0.25) is 24.0 Å². The first kappa shape index (κ1) is 23.0. The normalized spacial score (nSPS) is 23.3. The molecule has 2 saturated heterocycles. The fourth-order valence-corrected chi connectivity index (χ4v) is 4.57. The quantitative estimate of drug-likeness (QED) is 0.307. The number of carbonyl (C=O) groups is 5. The van der Waals surface area contributed by atoms with Gasteiger partial charge in [0.1, 0.15) is 12.0 Å². The van der Waals surface area contributed by atoms with Crippen LogP contribution in [0.2, 0.25) is 0 Å². The van der Waals surface area contributed by atoms with Crippen LogP contribution in [0.3, 0.4) is 0 Å². The van der Waals surface area contributed by atoms with Crippen LogP contribution in [0.25, 0.3) is 0 Å². The minimum absolute atomic E-state index is 0.114. The zero-order valence-corrected chi connectivity index (χ0v) is 23.0. The molecule has 2 atom stereocenters. The molecule has 3 aromatic rings. The second-order valence-corrected chi connectivity index (χ2v) is 10.3. The van der Waals surface area contributed by atoms with Gasteiger partial charge in [-0.15, -0.1) is 0 Å². The van der Waals surface area contributed by atoms with E-state index in [1.165, 1.54) is 9.80 Å². The summed E-state index contributed by atoms with van der Waals surface area (Å²) in [6.45, 7) is -5.60. The summed E-state index contributed by atoms with van der Waals surface area (Å²) in [6, 6.07) is 27.1. The van der Waals surface area contributed by atoms with Crippen LogP contribution in [0.1, 0.15) is 51.5 Å². The van der Waals surface area contributed by atoms with Crippen molar-refractivity contribution in [1.29, 1.82) is 0 Å². The molecule has 0 saturated carbocycles. The highest BCUT2D eigenvalue weighted by Gasteiger charge is 2.49. The largest absolute Gasteiger partial charge is 0.460 e. The van der Waals surface area contributed by atoms with Crippen LogP contribution in [-0.2, 0) is 48.4 Å². The summed E-state index contributed by atoms with van der Waals surface area (Å²) in [5, 5.41) is 0. The molecule has 2 amide bonds. The highest BCUT2D eigenvalue weighted by molar-refractivity contribution is 6.10. The lowest BCUT2D eigenvalue weighted by Gasteiger charge is -2.35. The Morgan fingerprint density at radius 3 is 1.83 bits per heavy atom. The SMILES string of the molecule is [2H]C([2H])([2H])C1(C(=O)OCc2ccccc2)CC(=O)N(Cc2ccccc2)CC1=O.[2H]C([2H])([2H])C1CC(=O)N(Cc2ccccc2)CC1=O. The van der Waals surface area contributed by atoms with Crippen molar-refractivity contribution in [3.63, 3.8) is 0 Å². The number of rotatable bonds is 7. The first-order valence-corrected chi connectivity index (χ1v) is 13.5. The average Bonchev–Trinajstić information content (AvgIpc) is 3.04. The number of nitrogens with zero attached hydrogens (tertiary/aromatic N) is 2. The number of ether oxygens (including phenoxy) is 1. The lowest BCUT2D eigenvalue weighted by Crippen LogP contribution is -2.53. The first-order valence-electron chi connectivity index (χ1n) is 16.5. The molecule has 2 aliphatic rings. The van der Waals surface area contributed by atoms with Gasteiger partial charge in [0.05, 0.1) is 13.1 Å². The van der Waals surface area contributed by atoms with Gasteiger partial charge in [0.2, 0.25) is 11.8 Å². The van der Waals surface area contributed by atoms with E-state index in [9.17, 15) is 24.0 Å². The molecular formula is C34H36N2O6. The fraction of sp³-hybridized carbons (Fsp3) is 0.324. The predicted molar refractivity (Wildman–Crippen MR) is 156 cm³/mol.